The third-order valence-electron chi connectivity index (χ3n) is 11.9. The predicted molar refractivity (Wildman–Crippen MR) is 214 cm³/mol. The molecule has 2 heteroatoms. The minimum absolute atomic E-state index is 0.113. The molecule has 0 saturated heterocycles. The Morgan fingerprint density at radius 1 is 0.423 bits per heavy atom. The maximum absolute atomic E-state index is 6.92. The second-order valence-corrected chi connectivity index (χ2v) is 14.8. The van der Waals surface area contributed by atoms with Crippen LogP contribution < -0.4 is 9.64 Å². The summed E-state index contributed by atoms with van der Waals surface area (Å²) in [5.74, 6) is 1.84. The second kappa shape index (κ2) is 10.6. The Morgan fingerprint density at radius 2 is 1.00 bits per heavy atom. The molecule has 0 aromatic heterocycles. The van der Waals surface area contributed by atoms with Gasteiger partial charge in [0, 0.05) is 38.7 Å². The van der Waals surface area contributed by atoms with E-state index in [1.165, 1.54) is 66.7 Å². The summed E-state index contributed by atoms with van der Waals surface area (Å²) in [5.41, 5.74) is 15.5. The van der Waals surface area contributed by atoms with Crippen LogP contribution in [0.25, 0.3) is 33.0 Å². The minimum atomic E-state index is -0.578. The van der Waals surface area contributed by atoms with Crippen LogP contribution in [0, 0.1) is 0 Å². The summed E-state index contributed by atoms with van der Waals surface area (Å²) >= 11 is 0. The van der Waals surface area contributed by atoms with Crippen molar-refractivity contribution >= 4 is 27.8 Å². The van der Waals surface area contributed by atoms with Crippen molar-refractivity contribution in [1.82, 2.24) is 0 Å². The van der Waals surface area contributed by atoms with Crippen LogP contribution in [0.2, 0.25) is 0 Å². The van der Waals surface area contributed by atoms with Gasteiger partial charge in [0.15, 0.2) is 0 Å². The Hall–Kier alpha value is -6.38. The average Bonchev–Trinajstić information content (AvgIpc) is 3.62. The van der Waals surface area contributed by atoms with E-state index in [0.29, 0.717) is 0 Å². The van der Waals surface area contributed by atoms with Crippen molar-refractivity contribution in [2.24, 2.45) is 0 Å². The molecule has 0 saturated carbocycles. The van der Waals surface area contributed by atoms with E-state index in [4.69, 9.17) is 4.74 Å². The zero-order chi connectivity index (χ0) is 34.6. The standard InChI is InChI=1S/C50H35NO/c1-49(2)37-22-10-8-20-35(37)46-40(49)25-14-27-43(46)51(33-17-4-3-5-18-33)44-28-15-26-41-47(44)36-21-9-11-23-38(36)50(41)39-24-12-13-29-45(39)52-48-34-19-7-6-16-32(34)30-31-42(48)50/h3-31H,1-2H3. The van der Waals surface area contributed by atoms with Gasteiger partial charge in [-0.3, -0.25) is 0 Å². The maximum atomic E-state index is 6.92. The van der Waals surface area contributed by atoms with Crippen LogP contribution in [-0.2, 0) is 10.8 Å². The molecule has 0 radical (unpaired) electrons. The van der Waals surface area contributed by atoms with Crippen molar-refractivity contribution in [3.05, 3.63) is 209 Å². The fourth-order valence-electron chi connectivity index (χ4n) is 9.75. The Balaban J connectivity index is 1.26. The molecule has 1 atom stereocenters. The Kier molecular flexibility index (Phi) is 5.97. The minimum Gasteiger partial charge on any atom is -0.456 e. The van der Waals surface area contributed by atoms with E-state index >= 15 is 0 Å². The van der Waals surface area contributed by atoms with Gasteiger partial charge in [0.1, 0.15) is 11.5 Å². The van der Waals surface area contributed by atoms with Crippen LogP contribution >= 0.6 is 0 Å². The molecule has 0 N–H and O–H groups in total. The Labute approximate surface area is 304 Å². The van der Waals surface area contributed by atoms with Gasteiger partial charge in [0.2, 0.25) is 0 Å². The number of fused-ring (bicyclic) bond motifs is 14. The van der Waals surface area contributed by atoms with E-state index in [1.807, 2.05) is 0 Å². The van der Waals surface area contributed by atoms with E-state index in [2.05, 4.69) is 195 Å². The summed E-state index contributed by atoms with van der Waals surface area (Å²) in [7, 11) is 0. The fraction of sp³-hybridized carbons (Fsp3) is 0.0800. The monoisotopic (exact) mass is 665 g/mol. The van der Waals surface area contributed by atoms with Crippen LogP contribution in [0.3, 0.4) is 0 Å². The second-order valence-electron chi connectivity index (χ2n) is 14.8. The lowest BCUT2D eigenvalue weighted by atomic mass is 9.65. The molecule has 52 heavy (non-hydrogen) atoms. The summed E-state index contributed by atoms with van der Waals surface area (Å²) in [6, 6.07) is 64.5. The van der Waals surface area contributed by atoms with Gasteiger partial charge in [-0.05, 0) is 69.1 Å². The molecule has 1 heterocycles. The number of hydrogen-bond donors (Lipinski definition) is 0. The lowest BCUT2D eigenvalue weighted by Gasteiger charge is -2.40. The van der Waals surface area contributed by atoms with Gasteiger partial charge >= 0.3 is 0 Å². The molecule has 0 fully saturated rings. The lowest BCUT2D eigenvalue weighted by Crippen LogP contribution is -2.32. The third-order valence-corrected chi connectivity index (χ3v) is 11.9. The number of para-hydroxylation sites is 2. The van der Waals surface area contributed by atoms with Gasteiger partial charge in [0.25, 0.3) is 0 Å². The molecule has 2 nitrogen and oxygen atoms in total. The van der Waals surface area contributed by atoms with E-state index in [0.717, 1.165) is 28.3 Å². The highest BCUT2D eigenvalue weighted by molar-refractivity contribution is 6.03. The quantitative estimate of drug-likeness (QED) is 0.186. The highest BCUT2D eigenvalue weighted by Gasteiger charge is 2.52. The largest absolute Gasteiger partial charge is 0.456 e. The Morgan fingerprint density at radius 3 is 1.79 bits per heavy atom. The third kappa shape index (κ3) is 3.69. The van der Waals surface area contributed by atoms with Crippen molar-refractivity contribution in [3.8, 4) is 33.8 Å². The first kappa shape index (κ1) is 29.4. The summed E-state index contributed by atoms with van der Waals surface area (Å²) in [4.78, 5) is 2.51. The molecule has 0 amide bonds. The van der Waals surface area contributed by atoms with Crippen molar-refractivity contribution < 1.29 is 4.74 Å². The van der Waals surface area contributed by atoms with E-state index < -0.39 is 5.41 Å². The maximum Gasteiger partial charge on any atom is 0.140 e. The molecule has 8 aromatic rings. The number of rotatable bonds is 3. The van der Waals surface area contributed by atoms with E-state index in [-0.39, 0.29) is 5.41 Å². The van der Waals surface area contributed by atoms with Crippen LogP contribution in [0.1, 0.15) is 47.2 Å². The summed E-state index contributed by atoms with van der Waals surface area (Å²) in [5, 5.41) is 2.30. The zero-order valence-corrected chi connectivity index (χ0v) is 29.1. The summed E-state index contributed by atoms with van der Waals surface area (Å²) < 4.78 is 6.92. The molecule has 1 aliphatic heterocycles. The van der Waals surface area contributed by atoms with Crippen LogP contribution in [-0.4, -0.2) is 0 Å². The molecule has 3 aliphatic rings. The highest BCUT2D eigenvalue weighted by Crippen LogP contribution is 2.65. The summed E-state index contributed by atoms with van der Waals surface area (Å²) in [6.45, 7) is 4.72. The van der Waals surface area contributed by atoms with Gasteiger partial charge < -0.3 is 9.64 Å². The summed E-state index contributed by atoms with van der Waals surface area (Å²) in [6.07, 6.45) is 0. The first-order valence-electron chi connectivity index (χ1n) is 18.2. The predicted octanol–water partition coefficient (Wildman–Crippen LogP) is 13.1. The number of ether oxygens (including phenoxy) is 1. The molecule has 0 bridgehead atoms. The van der Waals surface area contributed by atoms with Crippen LogP contribution in [0.5, 0.6) is 11.5 Å². The van der Waals surface area contributed by atoms with Gasteiger partial charge in [-0.15, -0.1) is 0 Å². The van der Waals surface area contributed by atoms with E-state index in [1.54, 1.807) is 0 Å². The molecular formula is C50H35NO. The zero-order valence-electron chi connectivity index (χ0n) is 29.1. The van der Waals surface area contributed by atoms with E-state index in [9.17, 15) is 0 Å². The number of nitrogens with zero attached hydrogens (tertiary/aromatic N) is 1. The fourth-order valence-corrected chi connectivity index (χ4v) is 9.75. The molecule has 8 aromatic carbocycles. The normalized spacial score (nSPS) is 16.7. The van der Waals surface area contributed by atoms with Crippen LogP contribution in [0.4, 0.5) is 17.1 Å². The average molecular weight is 666 g/mol. The molecule has 246 valence electrons. The van der Waals surface area contributed by atoms with Crippen molar-refractivity contribution in [2.75, 3.05) is 4.90 Å². The Bertz CT molecular complexity index is 2760. The van der Waals surface area contributed by atoms with Gasteiger partial charge in [-0.25, -0.2) is 0 Å². The molecule has 11 rings (SSSR count). The van der Waals surface area contributed by atoms with Gasteiger partial charge in [0.05, 0.1) is 16.8 Å². The number of hydrogen-bond acceptors (Lipinski definition) is 2. The SMILES string of the molecule is CC1(C)c2ccccc2-c2c(N(c3ccccc3)c3cccc4c3-c3ccccc3C43c4ccccc4Oc4c3ccc3ccccc43)cccc21. The molecule has 1 unspecified atom stereocenters. The molecular weight excluding hydrogens is 631 g/mol. The molecule has 2 aliphatic carbocycles. The van der Waals surface area contributed by atoms with Crippen LogP contribution in [0.15, 0.2) is 176 Å². The van der Waals surface area contributed by atoms with Crippen molar-refractivity contribution in [1.29, 1.82) is 0 Å². The highest BCUT2D eigenvalue weighted by atomic mass is 16.5. The number of benzene rings is 8. The lowest BCUT2D eigenvalue weighted by molar-refractivity contribution is 0.441. The van der Waals surface area contributed by atoms with Crippen molar-refractivity contribution in [2.45, 2.75) is 24.7 Å². The smallest absolute Gasteiger partial charge is 0.140 e. The number of anilines is 3. The first-order chi connectivity index (χ1) is 25.6. The first-order valence-corrected chi connectivity index (χ1v) is 18.2. The van der Waals surface area contributed by atoms with Gasteiger partial charge in [-0.1, -0.05) is 159 Å². The topological polar surface area (TPSA) is 12.5 Å². The van der Waals surface area contributed by atoms with Crippen molar-refractivity contribution in [3.63, 3.8) is 0 Å². The molecule has 1 spiro atoms. The van der Waals surface area contributed by atoms with Gasteiger partial charge in [-0.2, -0.15) is 0 Å².